The number of fused-ring (bicyclic) bond motifs is 1. The van der Waals surface area contributed by atoms with Crippen LogP contribution in [-0.4, -0.2) is 33.6 Å². The summed E-state index contributed by atoms with van der Waals surface area (Å²) < 4.78 is 6.87. The minimum atomic E-state index is -0.869. The van der Waals surface area contributed by atoms with Crippen LogP contribution in [-0.2, 0) is 4.79 Å². The number of hydrogen-bond acceptors (Lipinski definition) is 7. The first-order valence-electron chi connectivity index (χ1n) is 12.4. The van der Waals surface area contributed by atoms with Gasteiger partial charge in [0.1, 0.15) is 23.2 Å². The maximum absolute atomic E-state index is 13.7. The van der Waals surface area contributed by atoms with Crippen LogP contribution in [0.3, 0.4) is 0 Å². The number of benzene rings is 3. The van der Waals surface area contributed by atoms with Crippen molar-refractivity contribution >= 4 is 34.7 Å². The van der Waals surface area contributed by atoms with Crippen LogP contribution in [0.25, 0.3) is 0 Å². The van der Waals surface area contributed by atoms with Crippen LogP contribution in [0.2, 0.25) is 0 Å². The highest BCUT2D eigenvalue weighted by Crippen LogP contribution is 2.39. The number of carbonyl (C=O) groups is 2. The Kier molecular flexibility index (Phi) is 7.02. The number of aryl methyl sites for hydroxylation is 1. The number of amides is 2. The van der Waals surface area contributed by atoms with Gasteiger partial charge in [-0.2, -0.15) is 5.10 Å². The summed E-state index contributed by atoms with van der Waals surface area (Å²) in [6, 6.07) is 19.5. The van der Waals surface area contributed by atoms with Crippen LogP contribution in [0.5, 0.6) is 5.75 Å². The molecule has 1 aliphatic heterocycles. The zero-order valence-electron chi connectivity index (χ0n) is 22.0. The Balaban J connectivity index is 1.57. The van der Waals surface area contributed by atoms with Gasteiger partial charge in [-0.05, 0) is 43.7 Å². The molecule has 3 N–H and O–H groups in total. The van der Waals surface area contributed by atoms with Crippen LogP contribution in [0.1, 0.15) is 34.5 Å². The van der Waals surface area contributed by atoms with Crippen molar-refractivity contribution < 1.29 is 19.2 Å². The summed E-state index contributed by atoms with van der Waals surface area (Å²) in [7, 11) is 1.50. The SMILES string of the molecule is COc1ccccc1NC(=O)C1=C(C)Nc2c(C(=O)Nc3ccc(C)cc3)cnn2[C@@H]1c1cccc([N+](=O)[O-])c1. The Morgan fingerprint density at radius 1 is 1.00 bits per heavy atom. The number of rotatable bonds is 7. The first-order chi connectivity index (χ1) is 19.3. The van der Waals surface area contributed by atoms with Gasteiger partial charge in [-0.1, -0.05) is 42.0 Å². The molecule has 1 atom stereocenters. The van der Waals surface area contributed by atoms with Gasteiger partial charge in [0.2, 0.25) is 0 Å². The molecule has 5 rings (SSSR count). The van der Waals surface area contributed by atoms with Gasteiger partial charge in [-0.15, -0.1) is 0 Å². The average Bonchev–Trinajstić information content (AvgIpc) is 3.37. The quantitative estimate of drug-likeness (QED) is 0.215. The molecule has 0 saturated heterocycles. The lowest BCUT2D eigenvalue weighted by molar-refractivity contribution is -0.384. The van der Waals surface area contributed by atoms with E-state index in [1.807, 2.05) is 19.1 Å². The molecule has 4 aromatic rings. The number of para-hydroxylation sites is 2. The number of nitrogens with zero attached hydrogens (tertiary/aromatic N) is 3. The van der Waals surface area contributed by atoms with E-state index in [-0.39, 0.29) is 16.8 Å². The summed E-state index contributed by atoms with van der Waals surface area (Å²) in [5.74, 6) is -0.0324. The van der Waals surface area contributed by atoms with E-state index in [2.05, 4.69) is 21.0 Å². The van der Waals surface area contributed by atoms with Crippen LogP contribution in [0.4, 0.5) is 22.9 Å². The average molecular weight is 539 g/mol. The molecule has 2 amide bonds. The number of nitrogens with one attached hydrogen (secondary N) is 3. The van der Waals surface area contributed by atoms with E-state index in [1.54, 1.807) is 55.5 Å². The number of allylic oxidation sites excluding steroid dienone is 1. The van der Waals surface area contributed by atoms with Gasteiger partial charge in [0.05, 0.1) is 29.5 Å². The lowest BCUT2D eigenvalue weighted by Gasteiger charge is -2.30. The van der Waals surface area contributed by atoms with E-state index in [1.165, 1.54) is 30.1 Å². The lowest BCUT2D eigenvalue weighted by atomic mass is 9.94. The van der Waals surface area contributed by atoms with Gasteiger partial charge >= 0.3 is 0 Å². The van der Waals surface area contributed by atoms with Crippen molar-refractivity contribution in [3.05, 3.63) is 117 Å². The standard InChI is InChI=1S/C29H26N6O5/c1-17-11-13-20(14-12-17)32-28(36)22-16-30-34-26(19-7-6-8-21(15-19)35(38)39)25(18(2)31-27(22)34)29(37)33-23-9-4-5-10-24(23)40-3/h4-16,26,31H,1-3H3,(H,32,36)(H,33,37)/t26-/m1/s1. The second kappa shape index (κ2) is 10.7. The number of non-ortho nitro benzene ring substituents is 1. The number of anilines is 3. The smallest absolute Gasteiger partial charge is 0.269 e. The van der Waals surface area contributed by atoms with E-state index < -0.39 is 22.8 Å². The highest BCUT2D eigenvalue weighted by molar-refractivity contribution is 6.09. The molecule has 11 heteroatoms. The summed E-state index contributed by atoms with van der Waals surface area (Å²) in [4.78, 5) is 38.1. The first-order valence-corrected chi connectivity index (χ1v) is 12.4. The Bertz CT molecular complexity index is 1660. The predicted octanol–water partition coefficient (Wildman–Crippen LogP) is 5.29. The number of nitro groups is 1. The molecule has 0 bridgehead atoms. The Hall–Kier alpha value is -5.45. The maximum Gasteiger partial charge on any atom is 0.269 e. The van der Waals surface area contributed by atoms with Crippen molar-refractivity contribution in [2.45, 2.75) is 19.9 Å². The molecule has 3 aromatic carbocycles. The maximum atomic E-state index is 13.7. The van der Waals surface area contributed by atoms with Crippen LogP contribution < -0.4 is 20.7 Å². The van der Waals surface area contributed by atoms with E-state index in [0.717, 1.165) is 5.56 Å². The summed E-state index contributed by atoms with van der Waals surface area (Å²) in [6.07, 6.45) is 1.41. The van der Waals surface area contributed by atoms with E-state index in [9.17, 15) is 19.7 Å². The molecule has 0 fully saturated rings. The highest BCUT2D eigenvalue weighted by Gasteiger charge is 2.36. The highest BCUT2D eigenvalue weighted by atomic mass is 16.6. The fraction of sp³-hybridized carbons (Fsp3) is 0.138. The Labute approximate surface area is 229 Å². The third-order valence-corrected chi connectivity index (χ3v) is 6.57. The van der Waals surface area contributed by atoms with Gasteiger partial charge in [0.25, 0.3) is 17.5 Å². The number of methoxy groups -OCH3 is 1. The Morgan fingerprint density at radius 2 is 1.75 bits per heavy atom. The first kappa shape index (κ1) is 26.2. The summed E-state index contributed by atoms with van der Waals surface area (Å²) in [5, 5.41) is 24.9. The van der Waals surface area contributed by atoms with Crippen molar-refractivity contribution in [3.8, 4) is 5.75 Å². The van der Waals surface area contributed by atoms with E-state index in [4.69, 9.17) is 4.74 Å². The largest absolute Gasteiger partial charge is 0.495 e. The fourth-order valence-electron chi connectivity index (χ4n) is 4.60. The molecule has 0 unspecified atom stereocenters. The van der Waals surface area contributed by atoms with Gasteiger partial charge in [-0.3, -0.25) is 19.7 Å². The van der Waals surface area contributed by atoms with E-state index in [0.29, 0.717) is 34.2 Å². The number of ether oxygens (including phenoxy) is 1. The van der Waals surface area contributed by atoms with Gasteiger partial charge < -0.3 is 20.7 Å². The minimum absolute atomic E-state index is 0.135. The van der Waals surface area contributed by atoms with E-state index >= 15 is 0 Å². The van der Waals surface area contributed by atoms with Crippen molar-refractivity contribution in [3.63, 3.8) is 0 Å². The summed E-state index contributed by atoms with van der Waals surface area (Å²) in [6.45, 7) is 3.66. The molecule has 11 nitrogen and oxygen atoms in total. The molecular weight excluding hydrogens is 512 g/mol. The fourth-order valence-corrected chi connectivity index (χ4v) is 4.60. The second-order valence-corrected chi connectivity index (χ2v) is 9.24. The summed E-state index contributed by atoms with van der Waals surface area (Å²) >= 11 is 0. The number of nitro benzene ring substituents is 1. The lowest BCUT2D eigenvalue weighted by Crippen LogP contribution is -2.32. The van der Waals surface area contributed by atoms with Gasteiger partial charge in [0.15, 0.2) is 0 Å². The monoisotopic (exact) mass is 538 g/mol. The normalized spacial score (nSPS) is 14.1. The topological polar surface area (TPSA) is 140 Å². The molecule has 202 valence electrons. The molecule has 1 aliphatic rings. The van der Waals surface area contributed by atoms with Crippen molar-refractivity contribution in [2.75, 3.05) is 23.1 Å². The molecule has 2 heterocycles. The zero-order valence-corrected chi connectivity index (χ0v) is 22.0. The van der Waals surface area contributed by atoms with Crippen LogP contribution >= 0.6 is 0 Å². The second-order valence-electron chi connectivity index (χ2n) is 9.24. The van der Waals surface area contributed by atoms with Crippen molar-refractivity contribution in [2.24, 2.45) is 0 Å². The third kappa shape index (κ3) is 4.99. The molecule has 0 aliphatic carbocycles. The molecule has 0 saturated carbocycles. The number of carbonyl (C=O) groups excluding carboxylic acids is 2. The Morgan fingerprint density at radius 3 is 2.48 bits per heavy atom. The van der Waals surface area contributed by atoms with Crippen LogP contribution in [0, 0.1) is 17.0 Å². The molecular formula is C29H26N6O5. The van der Waals surface area contributed by atoms with Crippen LogP contribution in [0.15, 0.2) is 90.3 Å². The molecule has 0 radical (unpaired) electrons. The third-order valence-electron chi connectivity index (χ3n) is 6.57. The van der Waals surface area contributed by atoms with Crippen molar-refractivity contribution in [1.82, 2.24) is 9.78 Å². The van der Waals surface area contributed by atoms with Crippen molar-refractivity contribution in [1.29, 1.82) is 0 Å². The molecule has 40 heavy (non-hydrogen) atoms. The molecule has 1 aromatic heterocycles. The molecule has 0 spiro atoms. The number of hydrogen-bond donors (Lipinski definition) is 3. The zero-order chi connectivity index (χ0) is 28.4. The number of aromatic nitrogens is 2. The van der Waals surface area contributed by atoms with Gasteiger partial charge in [0, 0.05) is 23.5 Å². The van der Waals surface area contributed by atoms with Gasteiger partial charge in [-0.25, -0.2) is 4.68 Å². The predicted molar refractivity (Wildman–Crippen MR) is 151 cm³/mol. The summed E-state index contributed by atoms with van der Waals surface area (Å²) in [5.41, 5.74) is 3.43. The minimum Gasteiger partial charge on any atom is -0.495 e.